The third kappa shape index (κ3) is 2.75. The molecule has 0 atom stereocenters. The first-order valence-corrected chi connectivity index (χ1v) is 7.64. The van der Waals surface area contributed by atoms with E-state index in [4.69, 9.17) is 16.9 Å². The molecule has 1 aromatic carbocycles. The second kappa shape index (κ2) is 5.91. The van der Waals surface area contributed by atoms with Crippen LogP contribution in [0.4, 0.5) is 11.5 Å². The number of hydrogen-bond acceptors (Lipinski definition) is 5. The molecule has 8 heteroatoms. The van der Waals surface area contributed by atoms with Crippen LogP contribution in [0.1, 0.15) is 12.5 Å². The summed E-state index contributed by atoms with van der Waals surface area (Å²) < 4.78 is 2.68. The Morgan fingerprint density at radius 1 is 1.36 bits per heavy atom. The minimum absolute atomic E-state index is 0.140. The lowest BCUT2D eigenvalue weighted by Gasteiger charge is -2.08. The predicted molar refractivity (Wildman–Crippen MR) is 88.1 cm³/mol. The van der Waals surface area contributed by atoms with Gasteiger partial charge in [-0.05, 0) is 36.7 Å². The SMILES string of the molecule is CCn1cnc2c(Nc3cc(Br)cc(C#N)c3)nc(Cl)nc21. The van der Waals surface area contributed by atoms with E-state index in [0.717, 1.165) is 11.0 Å². The molecule has 0 aliphatic carbocycles. The molecule has 1 N–H and O–H groups in total. The maximum Gasteiger partial charge on any atom is 0.226 e. The summed E-state index contributed by atoms with van der Waals surface area (Å²) in [6, 6.07) is 7.42. The van der Waals surface area contributed by atoms with Crippen molar-refractivity contribution in [2.24, 2.45) is 0 Å². The molecule has 6 nitrogen and oxygen atoms in total. The van der Waals surface area contributed by atoms with Crippen LogP contribution in [0.25, 0.3) is 11.2 Å². The van der Waals surface area contributed by atoms with Gasteiger partial charge in [-0.25, -0.2) is 4.98 Å². The van der Waals surface area contributed by atoms with Crippen LogP contribution in [0.3, 0.4) is 0 Å². The molecule has 0 unspecified atom stereocenters. The highest BCUT2D eigenvalue weighted by molar-refractivity contribution is 9.10. The molecular weight excluding hydrogens is 368 g/mol. The molecular formula is C14H10BrClN6. The maximum atomic E-state index is 9.04. The molecule has 0 bridgehead atoms. The number of halogens is 2. The van der Waals surface area contributed by atoms with Gasteiger partial charge in [0.1, 0.15) is 0 Å². The monoisotopic (exact) mass is 376 g/mol. The number of benzene rings is 1. The lowest BCUT2D eigenvalue weighted by Crippen LogP contribution is -2.00. The summed E-state index contributed by atoms with van der Waals surface area (Å²) in [5, 5.41) is 12.3. The summed E-state index contributed by atoms with van der Waals surface area (Å²) in [6.45, 7) is 2.73. The van der Waals surface area contributed by atoms with E-state index in [0.29, 0.717) is 28.2 Å². The van der Waals surface area contributed by atoms with Gasteiger partial charge in [-0.1, -0.05) is 15.9 Å². The maximum absolute atomic E-state index is 9.04. The number of hydrogen-bond donors (Lipinski definition) is 1. The van der Waals surface area contributed by atoms with Crippen molar-refractivity contribution in [1.29, 1.82) is 5.26 Å². The minimum atomic E-state index is 0.140. The number of fused-ring (bicyclic) bond motifs is 1. The van der Waals surface area contributed by atoms with E-state index in [9.17, 15) is 0 Å². The van der Waals surface area contributed by atoms with Crippen LogP contribution in [0.15, 0.2) is 29.0 Å². The van der Waals surface area contributed by atoms with Gasteiger partial charge in [0, 0.05) is 16.7 Å². The number of nitriles is 1. The lowest BCUT2D eigenvalue weighted by atomic mass is 10.2. The normalized spacial score (nSPS) is 10.6. The van der Waals surface area contributed by atoms with Crippen molar-refractivity contribution in [2.45, 2.75) is 13.5 Å². The predicted octanol–water partition coefficient (Wildman–Crippen LogP) is 3.88. The van der Waals surface area contributed by atoms with E-state index in [1.54, 1.807) is 18.5 Å². The van der Waals surface area contributed by atoms with E-state index in [-0.39, 0.29) is 5.28 Å². The van der Waals surface area contributed by atoms with Gasteiger partial charge < -0.3 is 9.88 Å². The molecule has 0 spiro atoms. The number of anilines is 2. The molecule has 2 aromatic heterocycles. The standard InChI is InChI=1S/C14H10BrClN6/c1-2-22-7-18-11-12(20-14(16)21-13(11)22)19-10-4-8(6-17)3-9(15)5-10/h3-5,7H,2H2,1H3,(H,19,20,21). The van der Waals surface area contributed by atoms with Crippen LogP contribution in [0, 0.1) is 11.3 Å². The van der Waals surface area contributed by atoms with Gasteiger partial charge in [0.05, 0.1) is 18.0 Å². The number of aryl methyl sites for hydroxylation is 1. The van der Waals surface area contributed by atoms with Crippen molar-refractivity contribution in [3.8, 4) is 6.07 Å². The fourth-order valence-corrected chi connectivity index (χ4v) is 2.76. The van der Waals surface area contributed by atoms with Gasteiger partial charge in [0.25, 0.3) is 0 Å². The first-order valence-electron chi connectivity index (χ1n) is 6.46. The van der Waals surface area contributed by atoms with Crippen LogP contribution in [-0.2, 0) is 6.54 Å². The zero-order chi connectivity index (χ0) is 15.7. The molecule has 0 radical (unpaired) electrons. The van der Waals surface area contributed by atoms with Crippen LogP contribution in [0.2, 0.25) is 5.28 Å². The van der Waals surface area contributed by atoms with Crippen molar-refractivity contribution >= 4 is 50.2 Å². The topological polar surface area (TPSA) is 79.4 Å². The number of nitrogens with zero attached hydrogens (tertiary/aromatic N) is 5. The van der Waals surface area contributed by atoms with Crippen molar-refractivity contribution in [3.63, 3.8) is 0 Å². The smallest absolute Gasteiger partial charge is 0.226 e. The van der Waals surface area contributed by atoms with Crippen molar-refractivity contribution in [3.05, 3.63) is 39.8 Å². The van der Waals surface area contributed by atoms with Gasteiger partial charge in [-0.3, -0.25) is 0 Å². The quantitative estimate of drug-likeness (QED) is 0.701. The van der Waals surface area contributed by atoms with Gasteiger partial charge in [0.2, 0.25) is 5.28 Å². The lowest BCUT2D eigenvalue weighted by molar-refractivity contribution is 0.777. The zero-order valence-corrected chi connectivity index (χ0v) is 13.9. The Kier molecular flexibility index (Phi) is 3.96. The number of aromatic nitrogens is 4. The van der Waals surface area contributed by atoms with Crippen LogP contribution < -0.4 is 5.32 Å². The molecule has 3 aromatic rings. The van der Waals surface area contributed by atoms with Crippen LogP contribution >= 0.6 is 27.5 Å². The molecule has 0 fully saturated rings. The summed E-state index contributed by atoms with van der Waals surface area (Å²) >= 11 is 9.38. The summed E-state index contributed by atoms with van der Waals surface area (Å²) in [6.07, 6.45) is 1.70. The van der Waals surface area contributed by atoms with Crippen molar-refractivity contribution < 1.29 is 0 Å². The Morgan fingerprint density at radius 2 is 2.18 bits per heavy atom. The average Bonchev–Trinajstić information content (AvgIpc) is 2.89. The third-order valence-electron chi connectivity index (χ3n) is 3.07. The Bertz CT molecular complexity index is 898. The summed E-state index contributed by atoms with van der Waals surface area (Å²) in [4.78, 5) is 12.7. The van der Waals surface area contributed by atoms with E-state index >= 15 is 0 Å². The van der Waals surface area contributed by atoms with Crippen LogP contribution in [-0.4, -0.2) is 19.5 Å². The minimum Gasteiger partial charge on any atom is -0.338 e. The van der Waals surface area contributed by atoms with Gasteiger partial charge in [0.15, 0.2) is 17.0 Å². The van der Waals surface area contributed by atoms with E-state index in [1.165, 1.54) is 0 Å². The molecule has 0 aliphatic rings. The number of imidazole rings is 1. The van der Waals surface area contributed by atoms with Crippen molar-refractivity contribution in [2.75, 3.05) is 5.32 Å². The van der Waals surface area contributed by atoms with Gasteiger partial charge in [-0.2, -0.15) is 15.2 Å². The van der Waals surface area contributed by atoms with Gasteiger partial charge in [-0.15, -0.1) is 0 Å². The molecule has 2 heterocycles. The fourth-order valence-electron chi connectivity index (χ4n) is 2.10. The van der Waals surface area contributed by atoms with E-state index in [1.807, 2.05) is 17.6 Å². The summed E-state index contributed by atoms with van der Waals surface area (Å²) in [5.41, 5.74) is 2.55. The highest BCUT2D eigenvalue weighted by Crippen LogP contribution is 2.26. The second-order valence-corrected chi connectivity index (χ2v) is 5.76. The number of nitrogens with one attached hydrogen (secondary N) is 1. The van der Waals surface area contributed by atoms with Gasteiger partial charge >= 0.3 is 0 Å². The number of rotatable bonds is 3. The molecule has 22 heavy (non-hydrogen) atoms. The third-order valence-corrected chi connectivity index (χ3v) is 3.69. The Balaban J connectivity index is 2.09. The van der Waals surface area contributed by atoms with E-state index < -0.39 is 0 Å². The molecule has 110 valence electrons. The Morgan fingerprint density at radius 3 is 2.91 bits per heavy atom. The van der Waals surface area contributed by atoms with Crippen molar-refractivity contribution in [1.82, 2.24) is 19.5 Å². The average molecular weight is 378 g/mol. The molecule has 0 saturated heterocycles. The molecule has 0 amide bonds. The first-order chi connectivity index (χ1) is 10.6. The molecule has 3 rings (SSSR count). The highest BCUT2D eigenvalue weighted by Gasteiger charge is 2.12. The molecule has 0 saturated carbocycles. The summed E-state index contributed by atoms with van der Waals surface area (Å²) in [7, 11) is 0. The largest absolute Gasteiger partial charge is 0.338 e. The zero-order valence-electron chi connectivity index (χ0n) is 11.5. The first kappa shape index (κ1) is 14.8. The van der Waals surface area contributed by atoms with E-state index in [2.05, 4.69) is 42.3 Å². The van der Waals surface area contributed by atoms with Crippen LogP contribution in [0.5, 0.6) is 0 Å². The summed E-state index contributed by atoms with van der Waals surface area (Å²) in [5.74, 6) is 0.504. The highest BCUT2D eigenvalue weighted by atomic mass is 79.9. The molecule has 0 aliphatic heterocycles. The Hall–Kier alpha value is -2.17. The Labute approximate surface area is 139 Å². The fraction of sp³-hybridized carbons (Fsp3) is 0.143. The second-order valence-electron chi connectivity index (χ2n) is 4.51.